The number of carbonyl (C=O) groups is 1. The number of nitrogens with one attached hydrogen (secondary N) is 2. The number of alkyl halides is 3. The summed E-state index contributed by atoms with van der Waals surface area (Å²) in [5.74, 6) is -0.574. The number of hydrogen-bond acceptors (Lipinski definition) is 2. The van der Waals surface area contributed by atoms with Gasteiger partial charge in [0.15, 0.2) is 0 Å². The van der Waals surface area contributed by atoms with Crippen LogP contribution in [0.1, 0.15) is 12.5 Å². The van der Waals surface area contributed by atoms with E-state index in [1.54, 1.807) is 0 Å². The summed E-state index contributed by atoms with van der Waals surface area (Å²) in [5.41, 5.74) is -1.05. The molecule has 0 saturated carbocycles. The summed E-state index contributed by atoms with van der Waals surface area (Å²) in [4.78, 5) is 12.1. The Morgan fingerprint density at radius 2 is 2.10 bits per heavy atom. The lowest BCUT2D eigenvalue weighted by Gasteiger charge is -2.18. The maximum Gasteiger partial charge on any atom is 0.418 e. The minimum atomic E-state index is -4.51. The largest absolute Gasteiger partial charge is 0.418 e. The molecule has 20 heavy (non-hydrogen) atoms. The molecule has 1 aliphatic rings. The van der Waals surface area contributed by atoms with Gasteiger partial charge >= 0.3 is 6.18 Å². The van der Waals surface area contributed by atoms with Crippen molar-refractivity contribution in [3.8, 4) is 0 Å². The lowest BCUT2D eigenvalue weighted by atomic mass is 9.97. The van der Waals surface area contributed by atoms with Crippen LogP contribution in [0.3, 0.4) is 0 Å². The van der Waals surface area contributed by atoms with Gasteiger partial charge in [-0.2, -0.15) is 13.2 Å². The van der Waals surface area contributed by atoms with Crippen LogP contribution in [0.15, 0.2) is 22.7 Å². The molecule has 0 aromatic heterocycles. The molecule has 1 fully saturated rings. The first-order valence-electron chi connectivity index (χ1n) is 6.17. The molecule has 1 aromatic carbocycles. The standard InChI is InChI=1S/C13H14BrF3N2O/c1-7-5-18-6-9(7)12(20)19-11-3-2-8(14)4-10(11)13(15,16)17/h2-4,7,9,18H,5-6H2,1H3,(H,19,20)/t7-,9-/m1/s1. The second-order valence-corrected chi connectivity index (χ2v) is 5.83. The summed E-state index contributed by atoms with van der Waals surface area (Å²) in [5, 5.41) is 5.45. The third kappa shape index (κ3) is 3.32. The predicted octanol–water partition coefficient (Wildman–Crippen LogP) is 3.26. The Bertz CT molecular complexity index is 519. The van der Waals surface area contributed by atoms with Crippen LogP contribution in [0.5, 0.6) is 0 Å². The number of halogens is 4. The van der Waals surface area contributed by atoms with E-state index in [2.05, 4.69) is 26.6 Å². The Hall–Kier alpha value is -1.08. The van der Waals surface area contributed by atoms with Gasteiger partial charge in [-0.3, -0.25) is 4.79 Å². The first-order chi connectivity index (χ1) is 9.29. The van der Waals surface area contributed by atoms with Gasteiger partial charge in [0.05, 0.1) is 17.2 Å². The summed E-state index contributed by atoms with van der Waals surface area (Å²) < 4.78 is 39.2. The molecule has 1 heterocycles. The number of rotatable bonds is 2. The van der Waals surface area contributed by atoms with Gasteiger partial charge < -0.3 is 10.6 Å². The van der Waals surface area contributed by atoms with Gasteiger partial charge in [0.25, 0.3) is 0 Å². The molecule has 0 aliphatic carbocycles. The maximum atomic E-state index is 12.9. The Morgan fingerprint density at radius 1 is 1.40 bits per heavy atom. The molecule has 1 aromatic rings. The Labute approximate surface area is 123 Å². The zero-order valence-electron chi connectivity index (χ0n) is 10.7. The Balaban J connectivity index is 2.23. The molecular weight excluding hydrogens is 337 g/mol. The molecule has 110 valence electrons. The molecule has 3 nitrogen and oxygen atoms in total. The highest BCUT2D eigenvalue weighted by atomic mass is 79.9. The minimum absolute atomic E-state index is 0.111. The average Bonchev–Trinajstić information content (AvgIpc) is 2.76. The first kappa shape index (κ1) is 15.3. The van der Waals surface area contributed by atoms with Crippen LogP contribution in [0, 0.1) is 11.8 Å². The molecule has 2 atom stereocenters. The van der Waals surface area contributed by atoms with Crippen molar-refractivity contribution in [3.63, 3.8) is 0 Å². The van der Waals surface area contributed by atoms with Crippen molar-refractivity contribution in [2.45, 2.75) is 13.1 Å². The van der Waals surface area contributed by atoms with Gasteiger partial charge in [0.2, 0.25) is 5.91 Å². The molecular formula is C13H14BrF3N2O. The Kier molecular flexibility index (Phi) is 4.39. The van der Waals surface area contributed by atoms with Crippen molar-refractivity contribution in [2.75, 3.05) is 18.4 Å². The fourth-order valence-corrected chi connectivity index (χ4v) is 2.61. The second kappa shape index (κ2) is 5.73. The van der Waals surface area contributed by atoms with E-state index in [4.69, 9.17) is 0 Å². The van der Waals surface area contributed by atoms with Crippen LogP contribution >= 0.6 is 15.9 Å². The number of amides is 1. The van der Waals surface area contributed by atoms with E-state index in [9.17, 15) is 18.0 Å². The van der Waals surface area contributed by atoms with E-state index in [0.717, 1.165) is 6.07 Å². The highest BCUT2D eigenvalue weighted by molar-refractivity contribution is 9.10. The summed E-state index contributed by atoms with van der Waals surface area (Å²) in [6.45, 7) is 3.09. The highest BCUT2D eigenvalue weighted by Crippen LogP contribution is 2.37. The van der Waals surface area contributed by atoms with Crippen LogP contribution in [0.25, 0.3) is 0 Å². The van der Waals surface area contributed by atoms with Crippen molar-refractivity contribution < 1.29 is 18.0 Å². The topological polar surface area (TPSA) is 41.1 Å². The Morgan fingerprint density at radius 3 is 2.65 bits per heavy atom. The zero-order chi connectivity index (χ0) is 14.9. The van der Waals surface area contributed by atoms with Crippen molar-refractivity contribution in [1.29, 1.82) is 0 Å². The number of benzene rings is 1. The SMILES string of the molecule is C[C@@H]1CNC[C@H]1C(=O)Nc1ccc(Br)cc1C(F)(F)F. The van der Waals surface area contributed by atoms with Gasteiger partial charge in [0, 0.05) is 11.0 Å². The van der Waals surface area contributed by atoms with E-state index < -0.39 is 11.7 Å². The molecule has 2 N–H and O–H groups in total. The van der Waals surface area contributed by atoms with Crippen LogP contribution in [-0.4, -0.2) is 19.0 Å². The fraction of sp³-hybridized carbons (Fsp3) is 0.462. The molecule has 1 aliphatic heterocycles. The van der Waals surface area contributed by atoms with E-state index in [1.165, 1.54) is 12.1 Å². The van der Waals surface area contributed by atoms with Gasteiger partial charge in [0.1, 0.15) is 0 Å². The van der Waals surface area contributed by atoms with Crippen LogP contribution in [-0.2, 0) is 11.0 Å². The zero-order valence-corrected chi connectivity index (χ0v) is 12.3. The fourth-order valence-electron chi connectivity index (χ4n) is 2.25. The monoisotopic (exact) mass is 350 g/mol. The first-order valence-corrected chi connectivity index (χ1v) is 6.96. The third-order valence-corrected chi connectivity index (χ3v) is 3.89. The van der Waals surface area contributed by atoms with Crippen LogP contribution < -0.4 is 10.6 Å². The molecule has 2 rings (SSSR count). The molecule has 0 bridgehead atoms. The van der Waals surface area contributed by atoms with Gasteiger partial charge in [-0.1, -0.05) is 22.9 Å². The van der Waals surface area contributed by atoms with Crippen LogP contribution in [0.4, 0.5) is 18.9 Å². The normalized spacial score (nSPS) is 22.9. The summed E-state index contributed by atoms with van der Waals surface area (Å²) in [6.07, 6.45) is -4.51. The molecule has 0 radical (unpaired) electrons. The number of carbonyl (C=O) groups excluding carboxylic acids is 1. The van der Waals surface area contributed by atoms with Gasteiger partial charge in [-0.15, -0.1) is 0 Å². The molecule has 0 spiro atoms. The molecule has 1 amide bonds. The smallest absolute Gasteiger partial charge is 0.325 e. The third-order valence-electron chi connectivity index (χ3n) is 3.40. The van der Waals surface area contributed by atoms with Gasteiger partial charge in [-0.05, 0) is 30.7 Å². The van der Waals surface area contributed by atoms with E-state index in [0.29, 0.717) is 17.6 Å². The average molecular weight is 351 g/mol. The molecule has 1 saturated heterocycles. The number of anilines is 1. The maximum absolute atomic E-state index is 12.9. The lowest BCUT2D eigenvalue weighted by Crippen LogP contribution is -2.28. The van der Waals surface area contributed by atoms with Gasteiger partial charge in [-0.25, -0.2) is 0 Å². The van der Waals surface area contributed by atoms with Crippen LogP contribution in [0.2, 0.25) is 0 Å². The van der Waals surface area contributed by atoms with E-state index >= 15 is 0 Å². The van der Waals surface area contributed by atoms with E-state index in [1.807, 2.05) is 6.92 Å². The van der Waals surface area contributed by atoms with Crippen molar-refractivity contribution >= 4 is 27.5 Å². The predicted molar refractivity (Wildman–Crippen MR) is 73.3 cm³/mol. The van der Waals surface area contributed by atoms with Crippen molar-refractivity contribution in [2.24, 2.45) is 11.8 Å². The minimum Gasteiger partial charge on any atom is -0.325 e. The van der Waals surface area contributed by atoms with Crippen molar-refractivity contribution in [1.82, 2.24) is 5.32 Å². The van der Waals surface area contributed by atoms with Crippen molar-refractivity contribution in [3.05, 3.63) is 28.2 Å². The lowest BCUT2D eigenvalue weighted by molar-refractivity contribution is -0.137. The van der Waals surface area contributed by atoms with E-state index in [-0.39, 0.29) is 23.4 Å². The molecule has 0 unspecified atom stereocenters. The summed E-state index contributed by atoms with van der Waals surface area (Å²) >= 11 is 3.01. The molecule has 7 heteroatoms. The summed E-state index contributed by atoms with van der Waals surface area (Å²) in [7, 11) is 0. The number of hydrogen-bond donors (Lipinski definition) is 2. The quantitative estimate of drug-likeness (QED) is 0.859. The highest BCUT2D eigenvalue weighted by Gasteiger charge is 2.35. The summed E-state index contributed by atoms with van der Waals surface area (Å²) in [6, 6.07) is 3.70. The second-order valence-electron chi connectivity index (χ2n) is 4.92.